The molecule has 0 unspecified atom stereocenters. The van der Waals surface area contributed by atoms with E-state index in [1.807, 2.05) is 0 Å². The Morgan fingerprint density at radius 2 is 1.96 bits per heavy atom. The lowest BCUT2D eigenvalue weighted by Gasteiger charge is -2.07. The molecule has 0 fully saturated rings. The van der Waals surface area contributed by atoms with Crippen molar-refractivity contribution < 1.29 is 27.1 Å². The number of carbonyl (C=O) groups is 1. The second kappa shape index (κ2) is 7.52. The monoisotopic (exact) mass is 347 g/mol. The SMILES string of the molecule is O=C(NCCOCC(F)(F)F)c1ccc(-c2ccccc2Cl)o1. The zero-order valence-electron chi connectivity index (χ0n) is 11.8. The summed E-state index contributed by atoms with van der Waals surface area (Å²) in [5.74, 6) is -0.0799. The van der Waals surface area contributed by atoms with E-state index in [4.69, 9.17) is 16.0 Å². The number of ether oxygens (including phenoxy) is 1. The minimum atomic E-state index is -4.38. The molecule has 1 N–H and O–H groups in total. The second-order valence-electron chi connectivity index (χ2n) is 4.57. The highest BCUT2D eigenvalue weighted by molar-refractivity contribution is 6.33. The van der Waals surface area contributed by atoms with E-state index < -0.39 is 18.7 Å². The van der Waals surface area contributed by atoms with Crippen molar-refractivity contribution in [1.82, 2.24) is 5.32 Å². The number of alkyl halides is 3. The fourth-order valence-electron chi connectivity index (χ4n) is 1.78. The van der Waals surface area contributed by atoms with Crippen molar-refractivity contribution in [2.75, 3.05) is 19.8 Å². The number of hydrogen-bond acceptors (Lipinski definition) is 3. The van der Waals surface area contributed by atoms with E-state index in [1.54, 1.807) is 30.3 Å². The van der Waals surface area contributed by atoms with Crippen LogP contribution in [0.1, 0.15) is 10.6 Å². The molecule has 0 atom stereocenters. The van der Waals surface area contributed by atoms with E-state index in [0.29, 0.717) is 16.3 Å². The van der Waals surface area contributed by atoms with Gasteiger partial charge in [0, 0.05) is 12.1 Å². The summed E-state index contributed by atoms with van der Waals surface area (Å²) >= 11 is 6.03. The smallest absolute Gasteiger partial charge is 0.411 e. The van der Waals surface area contributed by atoms with Crippen molar-refractivity contribution in [3.8, 4) is 11.3 Å². The van der Waals surface area contributed by atoms with Crippen molar-refractivity contribution in [2.24, 2.45) is 0 Å². The van der Waals surface area contributed by atoms with Gasteiger partial charge in [-0.3, -0.25) is 4.79 Å². The van der Waals surface area contributed by atoms with Crippen LogP contribution >= 0.6 is 11.6 Å². The maximum atomic E-state index is 11.9. The van der Waals surface area contributed by atoms with Gasteiger partial charge in [-0.25, -0.2) is 0 Å². The van der Waals surface area contributed by atoms with Gasteiger partial charge >= 0.3 is 6.18 Å². The lowest BCUT2D eigenvalue weighted by atomic mass is 10.2. The van der Waals surface area contributed by atoms with Crippen molar-refractivity contribution in [3.05, 3.63) is 47.2 Å². The average Bonchev–Trinajstić information content (AvgIpc) is 2.95. The van der Waals surface area contributed by atoms with Gasteiger partial charge in [-0.2, -0.15) is 13.2 Å². The third kappa shape index (κ3) is 5.30. The van der Waals surface area contributed by atoms with Gasteiger partial charge in [-0.15, -0.1) is 0 Å². The summed E-state index contributed by atoms with van der Waals surface area (Å²) in [6, 6.07) is 10.0. The Morgan fingerprint density at radius 1 is 1.22 bits per heavy atom. The Balaban J connectivity index is 1.86. The molecular weight excluding hydrogens is 335 g/mol. The molecule has 1 aromatic heterocycles. The number of amides is 1. The Bertz CT molecular complexity index is 670. The Morgan fingerprint density at radius 3 is 2.65 bits per heavy atom. The molecule has 0 aliphatic carbocycles. The predicted molar refractivity (Wildman–Crippen MR) is 78.4 cm³/mol. The van der Waals surface area contributed by atoms with Gasteiger partial charge < -0.3 is 14.5 Å². The first-order chi connectivity index (χ1) is 10.9. The van der Waals surface area contributed by atoms with Gasteiger partial charge in [0.25, 0.3) is 5.91 Å². The summed E-state index contributed by atoms with van der Waals surface area (Å²) in [5, 5.41) is 2.89. The number of halogens is 4. The fourth-order valence-corrected chi connectivity index (χ4v) is 2.01. The maximum absolute atomic E-state index is 11.9. The Kier molecular flexibility index (Phi) is 5.68. The number of nitrogens with one attached hydrogen (secondary N) is 1. The van der Waals surface area contributed by atoms with Gasteiger partial charge in [0.1, 0.15) is 12.4 Å². The number of rotatable bonds is 6. The van der Waals surface area contributed by atoms with Gasteiger partial charge in [-0.1, -0.05) is 23.7 Å². The largest absolute Gasteiger partial charge is 0.451 e. The molecule has 1 aromatic carbocycles. The minimum Gasteiger partial charge on any atom is -0.451 e. The molecule has 0 saturated carbocycles. The molecule has 1 amide bonds. The summed E-state index contributed by atoms with van der Waals surface area (Å²) in [5.41, 5.74) is 0.640. The van der Waals surface area contributed by atoms with Gasteiger partial charge in [-0.05, 0) is 24.3 Å². The number of carbonyl (C=O) groups excluding carboxylic acids is 1. The molecule has 0 spiro atoms. The minimum absolute atomic E-state index is 0.0377. The molecule has 0 bridgehead atoms. The first kappa shape index (κ1) is 17.4. The predicted octanol–water partition coefficient (Wildman–Crippen LogP) is 3.91. The molecular formula is C15H13ClF3NO3. The van der Waals surface area contributed by atoms with Crippen molar-refractivity contribution >= 4 is 17.5 Å². The molecule has 2 rings (SSSR count). The third-order valence-electron chi connectivity index (χ3n) is 2.77. The summed E-state index contributed by atoms with van der Waals surface area (Å²) < 4.78 is 45.4. The Hall–Kier alpha value is -1.99. The second-order valence-corrected chi connectivity index (χ2v) is 4.97. The lowest BCUT2D eigenvalue weighted by molar-refractivity contribution is -0.173. The van der Waals surface area contributed by atoms with Crippen LogP contribution in [0.25, 0.3) is 11.3 Å². The van der Waals surface area contributed by atoms with E-state index in [2.05, 4.69) is 10.1 Å². The molecule has 0 aliphatic rings. The highest BCUT2D eigenvalue weighted by Gasteiger charge is 2.27. The fraction of sp³-hybridized carbons (Fsp3) is 0.267. The van der Waals surface area contributed by atoms with Crippen LogP contribution in [0.4, 0.5) is 13.2 Å². The summed E-state index contributed by atoms with van der Waals surface area (Å²) in [6.45, 7) is -1.65. The van der Waals surface area contributed by atoms with Crippen LogP contribution in [0.2, 0.25) is 5.02 Å². The molecule has 4 nitrogen and oxygen atoms in total. The number of furan rings is 1. The first-order valence-corrected chi connectivity index (χ1v) is 7.02. The molecule has 1 heterocycles. The highest BCUT2D eigenvalue weighted by atomic mass is 35.5. The number of benzene rings is 1. The van der Waals surface area contributed by atoms with Crippen molar-refractivity contribution in [2.45, 2.75) is 6.18 Å². The normalized spacial score (nSPS) is 11.5. The van der Waals surface area contributed by atoms with Crippen LogP contribution < -0.4 is 5.32 Å². The lowest BCUT2D eigenvalue weighted by Crippen LogP contribution is -2.28. The van der Waals surface area contributed by atoms with E-state index in [9.17, 15) is 18.0 Å². The zero-order chi connectivity index (χ0) is 16.9. The van der Waals surface area contributed by atoms with Crippen LogP contribution in [-0.2, 0) is 4.74 Å². The Labute approximate surface area is 135 Å². The van der Waals surface area contributed by atoms with E-state index in [1.165, 1.54) is 6.07 Å². The van der Waals surface area contributed by atoms with E-state index in [-0.39, 0.29) is 18.9 Å². The van der Waals surface area contributed by atoms with Crippen LogP contribution in [-0.4, -0.2) is 31.8 Å². The summed E-state index contributed by atoms with van der Waals surface area (Å²) in [4.78, 5) is 11.8. The zero-order valence-corrected chi connectivity index (χ0v) is 12.6. The average molecular weight is 348 g/mol. The van der Waals surface area contributed by atoms with Gasteiger partial charge in [0.15, 0.2) is 5.76 Å². The van der Waals surface area contributed by atoms with Crippen LogP contribution in [0.5, 0.6) is 0 Å². The number of hydrogen-bond donors (Lipinski definition) is 1. The molecule has 8 heteroatoms. The standard InChI is InChI=1S/C15H13ClF3NO3/c16-11-4-2-1-3-10(11)12-5-6-13(23-12)14(21)20-7-8-22-9-15(17,18)19/h1-6H,7-9H2,(H,20,21). The molecule has 0 radical (unpaired) electrons. The molecule has 23 heavy (non-hydrogen) atoms. The first-order valence-electron chi connectivity index (χ1n) is 6.64. The van der Waals surface area contributed by atoms with Crippen LogP contribution in [0.3, 0.4) is 0 Å². The van der Waals surface area contributed by atoms with Gasteiger partial charge in [0.2, 0.25) is 0 Å². The molecule has 124 valence electrons. The van der Waals surface area contributed by atoms with Crippen molar-refractivity contribution in [3.63, 3.8) is 0 Å². The van der Waals surface area contributed by atoms with Gasteiger partial charge in [0.05, 0.1) is 11.6 Å². The molecule has 0 saturated heterocycles. The van der Waals surface area contributed by atoms with Crippen molar-refractivity contribution in [1.29, 1.82) is 0 Å². The van der Waals surface area contributed by atoms with E-state index in [0.717, 1.165) is 0 Å². The quantitative estimate of drug-likeness (QED) is 0.806. The van der Waals surface area contributed by atoms with Crippen LogP contribution in [0.15, 0.2) is 40.8 Å². The third-order valence-corrected chi connectivity index (χ3v) is 3.10. The summed E-state index contributed by atoms with van der Waals surface area (Å²) in [7, 11) is 0. The topological polar surface area (TPSA) is 51.5 Å². The summed E-state index contributed by atoms with van der Waals surface area (Å²) in [6.07, 6.45) is -4.38. The molecule has 2 aromatic rings. The van der Waals surface area contributed by atoms with Crippen LogP contribution in [0, 0.1) is 0 Å². The maximum Gasteiger partial charge on any atom is 0.411 e. The molecule has 0 aliphatic heterocycles. The highest BCUT2D eigenvalue weighted by Crippen LogP contribution is 2.28. The van der Waals surface area contributed by atoms with E-state index >= 15 is 0 Å².